The highest BCUT2D eigenvalue weighted by atomic mass is 19.1. The first-order valence-electron chi connectivity index (χ1n) is 22.3. The quantitative estimate of drug-likeness (QED) is 0.0653. The first-order valence-corrected chi connectivity index (χ1v) is 22.3. The summed E-state index contributed by atoms with van der Waals surface area (Å²) in [6.45, 7) is 7.25. The number of para-hydroxylation sites is 1. The van der Waals surface area contributed by atoms with Crippen molar-refractivity contribution in [3.8, 4) is 22.3 Å². The van der Waals surface area contributed by atoms with Gasteiger partial charge in [0.15, 0.2) is 0 Å². The van der Waals surface area contributed by atoms with E-state index in [9.17, 15) is 33.2 Å². The summed E-state index contributed by atoms with van der Waals surface area (Å²) in [4.78, 5) is 88.3. The smallest absolute Gasteiger partial charge is 0.311 e. The van der Waals surface area contributed by atoms with E-state index in [0.717, 1.165) is 6.07 Å². The lowest BCUT2D eigenvalue weighted by Gasteiger charge is -2.16. The molecule has 19 heteroatoms. The van der Waals surface area contributed by atoms with E-state index in [0.29, 0.717) is 49.7 Å². The summed E-state index contributed by atoms with van der Waals surface area (Å²) in [6.07, 6.45) is 2.46. The number of aryl methyl sites for hydroxylation is 4. The van der Waals surface area contributed by atoms with E-state index >= 15 is 8.78 Å². The van der Waals surface area contributed by atoms with Crippen molar-refractivity contribution in [1.82, 2.24) is 19.1 Å². The number of halogens is 3. The van der Waals surface area contributed by atoms with Gasteiger partial charge in [0.05, 0.1) is 22.4 Å². The Morgan fingerprint density at radius 3 is 1.41 bits per heavy atom. The second-order valence-electron chi connectivity index (χ2n) is 16.4. The molecule has 6 amide bonds. The minimum Gasteiger partial charge on any atom is -0.311 e. The fourth-order valence-electron chi connectivity index (χ4n) is 8.11. The molecule has 16 nitrogen and oxygen atoms in total. The Labute approximate surface area is 403 Å². The van der Waals surface area contributed by atoms with E-state index in [1.807, 2.05) is 0 Å². The first kappa shape index (κ1) is 48.3. The largest absolute Gasteiger partial charge is 0.323 e. The number of hydrogen-bond donors (Lipinski definition) is 6. The summed E-state index contributed by atoms with van der Waals surface area (Å²) in [5.74, 6) is -2.82. The molecule has 0 radical (unpaired) electrons. The number of pyridine rings is 4. The summed E-state index contributed by atoms with van der Waals surface area (Å²) >= 11 is 0. The van der Waals surface area contributed by atoms with Crippen LogP contribution in [0.2, 0.25) is 0 Å². The fraction of sp³-hybridized carbons (Fsp3) is 0.154. The van der Waals surface area contributed by atoms with Crippen molar-refractivity contribution in [3.05, 3.63) is 165 Å². The van der Waals surface area contributed by atoms with Gasteiger partial charge >= 0.3 is 12.1 Å². The second kappa shape index (κ2) is 20.6. The average molecular weight is 963 g/mol. The van der Waals surface area contributed by atoms with Gasteiger partial charge in [0.1, 0.15) is 29.1 Å². The van der Waals surface area contributed by atoms with E-state index in [4.69, 9.17) is 0 Å². The third kappa shape index (κ3) is 10.8. The maximum atomic E-state index is 15.1. The van der Waals surface area contributed by atoms with Crippen LogP contribution in [0.1, 0.15) is 37.8 Å². The summed E-state index contributed by atoms with van der Waals surface area (Å²) < 4.78 is 46.8. The van der Waals surface area contributed by atoms with Crippen LogP contribution in [0.5, 0.6) is 0 Å². The molecule has 8 aromatic rings. The molecule has 0 aliphatic carbocycles. The number of anilines is 6. The van der Waals surface area contributed by atoms with E-state index in [-0.39, 0.29) is 65.8 Å². The number of carbonyl (C=O) groups is 4. The van der Waals surface area contributed by atoms with Crippen molar-refractivity contribution in [3.63, 3.8) is 0 Å². The number of nitrogens with zero attached hydrogens (tertiary/aromatic N) is 4. The Morgan fingerprint density at radius 1 is 0.507 bits per heavy atom. The molecule has 0 atom stereocenters. The maximum absolute atomic E-state index is 15.1. The van der Waals surface area contributed by atoms with Crippen LogP contribution < -0.4 is 43.0 Å². The van der Waals surface area contributed by atoms with E-state index in [1.165, 1.54) is 70.1 Å². The standard InChI is InChI=1S/C52H45F3N10O6/c1-5-64-43-24-45(56-26-30(43)19-37(49(64)68)35-22-41(39(54)17-28(35)3)60-51(70)58-33-12-8-7-9-13-33)62-47(66)15-16-48(67)63-46-25-44-31(27-57-46)20-38(50(69)65(44)6-2)36-23-42(40(55)18-29(36)4)61-52(71)59-34-14-10-11-32(53)21-34/h7-14,17-27H,5-6,15-16H2,1-4H3,(H,56,62,66)(H,57,63,67)(H2,58,60,70)(H2,59,61,71). The lowest BCUT2D eigenvalue weighted by atomic mass is 9.99. The van der Waals surface area contributed by atoms with Crippen molar-refractivity contribution in [2.75, 3.05) is 31.9 Å². The van der Waals surface area contributed by atoms with Crippen LogP contribution >= 0.6 is 0 Å². The van der Waals surface area contributed by atoms with Crippen LogP contribution in [0, 0.1) is 31.3 Å². The zero-order valence-electron chi connectivity index (χ0n) is 38.7. The monoisotopic (exact) mass is 962 g/mol. The Bertz CT molecular complexity index is 3560. The highest BCUT2D eigenvalue weighted by molar-refractivity contribution is 6.02. The molecule has 0 aliphatic heterocycles. The molecule has 71 heavy (non-hydrogen) atoms. The predicted molar refractivity (Wildman–Crippen MR) is 268 cm³/mol. The number of urea groups is 2. The number of fused-ring (bicyclic) bond motifs is 2. The molecule has 0 aliphatic rings. The van der Waals surface area contributed by atoms with Crippen molar-refractivity contribution < 1.29 is 32.3 Å². The lowest BCUT2D eigenvalue weighted by molar-refractivity contribution is -0.121. The summed E-state index contributed by atoms with van der Waals surface area (Å²) in [6, 6.07) is 23.8. The van der Waals surface area contributed by atoms with Crippen LogP contribution in [0.15, 0.2) is 125 Å². The van der Waals surface area contributed by atoms with Crippen LogP contribution in [-0.4, -0.2) is 43.0 Å². The summed E-state index contributed by atoms with van der Waals surface area (Å²) in [5.41, 5.74) is 2.46. The van der Waals surface area contributed by atoms with Gasteiger partial charge in [-0.1, -0.05) is 24.3 Å². The minimum atomic E-state index is -0.825. The molecular formula is C52H45F3N10O6. The van der Waals surface area contributed by atoms with Gasteiger partial charge < -0.3 is 41.0 Å². The second-order valence-corrected chi connectivity index (χ2v) is 16.4. The molecule has 4 aromatic carbocycles. The molecule has 8 rings (SSSR count). The third-order valence-corrected chi connectivity index (χ3v) is 11.5. The van der Waals surface area contributed by atoms with Crippen molar-refractivity contribution >= 4 is 80.1 Å². The number of benzene rings is 4. The molecule has 4 heterocycles. The van der Waals surface area contributed by atoms with Gasteiger partial charge in [-0.05, 0) is 117 Å². The Balaban J connectivity index is 0.932. The number of nitrogens with one attached hydrogen (secondary N) is 6. The van der Waals surface area contributed by atoms with Crippen molar-refractivity contribution in [2.24, 2.45) is 0 Å². The number of hydrogen-bond acceptors (Lipinski definition) is 8. The molecule has 0 spiro atoms. The van der Waals surface area contributed by atoms with Crippen molar-refractivity contribution in [1.29, 1.82) is 0 Å². The Hall–Kier alpha value is -9.13. The van der Waals surface area contributed by atoms with E-state index < -0.39 is 52.4 Å². The highest BCUT2D eigenvalue weighted by Crippen LogP contribution is 2.32. The van der Waals surface area contributed by atoms with Gasteiger partial charge in [0.25, 0.3) is 11.1 Å². The van der Waals surface area contributed by atoms with Crippen LogP contribution in [0.4, 0.5) is 57.1 Å². The van der Waals surface area contributed by atoms with Gasteiger partial charge in [0.2, 0.25) is 11.8 Å². The fourth-order valence-corrected chi connectivity index (χ4v) is 8.11. The topological polar surface area (TPSA) is 210 Å². The normalized spacial score (nSPS) is 11.0. The number of amides is 6. The number of aromatic nitrogens is 4. The highest BCUT2D eigenvalue weighted by Gasteiger charge is 2.20. The average Bonchev–Trinajstić information content (AvgIpc) is 3.33. The molecular weight excluding hydrogens is 918 g/mol. The van der Waals surface area contributed by atoms with Gasteiger partial charge in [-0.15, -0.1) is 0 Å². The zero-order chi connectivity index (χ0) is 50.5. The predicted octanol–water partition coefficient (Wildman–Crippen LogP) is 10.2. The molecule has 6 N–H and O–H groups in total. The molecule has 360 valence electrons. The van der Waals surface area contributed by atoms with Crippen LogP contribution in [0.25, 0.3) is 44.1 Å². The maximum Gasteiger partial charge on any atom is 0.323 e. The Morgan fingerprint density at radius 2 is 0.958 bits per heavy atom. The molecule has 0 unspecified atom stereocenters. The first-order chi connectivity index (χ1) is 34.1. The third-order valence-electron chi connectivity index (χ3n) is 11.5. The van der Waals surface area contributed by atoms with Gasteiger partial charge in [-0.3, -0.25) is 19.2 Å². The van der Waals surface area contributed by atoms with Gasteiger partial charge in [-0.2, -0.15) is 0 Å². The number of carbonyl (C=O) groups excluding carboxylic acids is 4. The summed E-state index contributed by atoms with van der Waals surface area (Å²) in [7, 11) is 0. The van der Waals surface area contributed by atoms with E-state index in [2.05, 4.69) is 41.9 Å². The molecule has 0 saturated carbocycles. The van der Waals surface area contributed by atoms with E-state index in [1.54, 1.807) is 76.2 Å². The van der Waals surface area contributed by atoms with Gasteiger partial charge in [0, 0.05) is 83.7 Å². The minimum absolute atomic E-state index is 0.121. The SMILES string of the molecule is CCn1c(=O)c(-c2cc(NC(=O)Nc3ccccc3)c(F)cc2C)cc2cnc(NC(=O)CCC(=O)Nc3cc4c(cn3)cc(-c3cc(NC(=O)Nc5cccc(F)c5)c(F)cc3C)c(=O)n4CC)cc21. The van der Waals surface area contributed by atoms with Crippen LogP contribution in [0.3, 0.4) is 0 Å². The van der Waals surface area contributed by atoms with Crippen molar-refractivity contribution in [2.45, 2.75) is 53.6 Å². The van der Waals surface area contributed by atoms with Gasteiger partial charge in [-0.25, -0.2) is 32.7 Å². The molecule has 0 fully saturated rings. The molecule has 0 saturated heterocycles. The lowest BCUT2D eigenvalue weighted by Crippen LogP contribution is -2.23. The Kier molecular flexibility index (Phi) is 14.0. The zero-order valence-corrected chi connectivity index (χ0v) is 38.7. The molecule has 0 bridgehead atoms. The number of rotatable bonds is 13. The molecule has 4 aromatic heterocycles. The summed E-state index contributed by atoms with van der Waals surface area (Å²) in [5, 5.41) is 16.4. The van der Waals surface area contributed by atoms with Crippen LogP contribution in [-0.2, 0) is 22.7 Å².